The molecule has 0 unspecified atom stereocenters. The first-order valence-corrected chi connectivity index (χ1v) is 7.07. The van der Waals surface area contributed by atoms with Crippen molar-refractivity contribution < 1.29 is 24.2 Å². The molecule has 2 N–H and O–H groups in total. The highest BCUT2D eigenvalue weighted by atomic mass is 16.5. The van der Waals surface area contributed by atoms with Crippen LogP contribution >= 0.6 is 0 Å². The van der Waals surface area contributed by atoms with Crippen LogP contribution in [0.15, 0.2) is 48.5 Å². The number of carboxylic acids is 1. The monoisotopic (exact) mass is 315 g/mol. The summed E-state index contributed by atoms with van der Waals surface area (Å²) in [5.74, 6) is -0.262. The number of benzene rings is 2. The summed E-state index contributed by atoms with van der Waals surface area (Å²) in [5, 5.41) is 11.3. The zero-order valence-electron chi connectivity index (χ0n) is 12.6. The molecule has 2 rings (SSSR count). The summed E-state index contributed by atoms with van der Waals surface area (Å²) in [4.78, 5) is 22.7. The Labute approximate surface area is 133 Å². The fourth-order valence-electron chi connectivity index (χ4n) is 1.88. The number of nitrogens with one attached hydrogen (secondary N) is 1. The molecule has 23 heavy (non-hydrogen) atoms. The fraction of sp³-hybridized carbons (Fsp3) is 0.176. The van der Waals surface area contributed by atoms with Crippen LogP contribution in [0, 0.1) is 0 Å². The molecule has 0 spiro atoms. The van der Waals surface area contributed by atoms with Crippen molar-refractivity contribution in [1.29, 1.82) is 0 Å². The largest absolute Gasteiger partial charge is 0.494 e. The van der Waals surface area contributed by atoms with E-state index in [1.54, 1.807) is 48.5 Å². The molecule has 2 aromatic carbocycles. The van der Waals surface area contributed by atoms with Crippen LogP contribution in [0.25, 0.3) is 0 Å². The number of carboxylic acid groups (broad SMARTS) is 1. The summed E-state index contributed by atoms with van der Waals surface area (Å²) in [6.07, 6.45) is 0. The highest BCUT2D eigenvalue weighted by molar-refractivity contribution is 6.04. The summed E-state index contributed by atoms with van der Waals surface area (Å²) >= 11 is 0. The average molecular weight is 315 g/mol. The van der Waals surface area contributed by atoms with Crippen molar-refractivity contribution in [3.8, 4) is 11.5 Å². The molecule has 120 valence electrons. The van der Waals surface area contributed by atoms with Gasteiger partial charge in [-0.2, -0.15) is 0 Å². The van der Waals surface area contributed by atoms with Crippen LogP contribution in [0.1, 0.15) is 17.3 Å². The number of hydrogen-bond donors (Lipinski definition) is 2. The van der Waals surface area contributed by atoms with E-state index >= 15 is 0 Å². The Morgan fingerprint density at radius 1 is 1.04 bits per heavy atom. The van der Waals surface area contributed by atoms with Gasteiger partial charge in [0.25, 0.3) is 5.91 Å². The lowest BCUT2D eigenvalue weighted by molar-refractivity contribution is -0.139. The van der Waals surface area contributed by atoms with Crippen molar-refractivity contribution in [3.05, 3.63) is 54.1 Å². The van der Waals surface area contributed by atoms with Gasteiger partial charge in [-0.15, -0.1) is 0 Å². The average Bonchev–Trinajstić information content (AvgIpc) is 2.54. The maximum Gasteiger partial charge on any atom is 0.341 e. The van der Waals surface area contributed by atoms with Crippen LogP contribution < -0.4 is 14.8 Å². The molecule has 0 saturated carbocycles. The Morgan fingerprint density at radius 3 is 2.43 bits per heavy atom. The smallest absolute Gasteiger partial charge is 0.341 e. The number of rotatable bonds is 7. The number of amides is 1. The lowest BCUT2D eigenvalue weighted by atomic mass is 10.2. The standard InChI is InChI=1S/C17H17NO5/c1-2-22-14-8-6-12(7-9-14)17(21)18-13-4-3-5-15(10-13)23-11-16(19)20/h3-10H,2,11H2,1H3,(H,18,21)(H,19,20). The van der Waals surface area contributed by atoms with E-state index in [9.17, 15) is 9.59 Å². The zero-order valence-corrected chi connectivity index (χ0v) is 12.6. The van der Waals surface area contributed by atoms with Crippen molar-refractivity contribution in [2.45, 2.75) is 6.92 Å². The van der Waals surface area contributed by atoms with Crippen LogP contribution in [0.2, 0.25) is 0 Å². The van der Waals surface area contributed by atoms with Crippen molar-refractivity contribution in [2.75, 3.05) is 18.5 Å². The Kier molecular flexibility index (Phi) is 5.57. The Hall–Kier alpha value is -3.02. The quantitative estimate of drug-likeness (QED) is 0.820. The van der Waals surface area contributed by atoms with Crippen molar-refractivity contribution in [1.82, 2.24) is 0 Å². The van der Waals surface area contributed by atoms with Gasteiger partial charge in [-0.05, 0) is 43.3 Å². The number of hydrogen-bond acceptors (Lipinski definition) is 4. The molecule has 0 heterocycles. The van der Waals surface area contributed by atoms with Crippen LogP contribution in [0.3, 0.4) is 0 Å². The predicted octanol–water partition coefficient (Wildman–Crippen LogP) is 2.80. The minimum Gasteiger partial charge on any atom is -0.494 e. The van der Waals surface area contributed by atoms with E-state index in [2.05, 4.69) is 5.32 Å². The SMILES string of the molecule is CCOc1ccc(C(=O)Nc2cccc(OCC(=O)O)c2)cc1. The summed E-state index contributed by atoms with van der Waals surface area (Å²) < 4.78 is 10.4. The summed E-state index contributed by atoms with van der Waals surface area (Å²) in [6, 6.07) is 13.3. The Balaban J connectivity index is 2.01. The van der Waals surface area contributed by atoms with Crippen molar-refractivity contribution >= 4 is 17.6 Å². The molecular weight excluding hydrogens is 298 g/mol. The zero-order chi connectivity index (χ0) is 16.7. The third-order valence-electron chi connectivity index (χ3n) is 2.88. The molecule has 6 heteroatoms. The van der Waals surface area contributed by atoms with Crippen molar-refractivity contribution in [2.24, 2.45) is 0 Å². The normalized spacial score (nSPS) is 9.96. The van der Waals surface area contributed by atoms with Gasteiger partial charge < -0.3 is 19.9 Å². The van der Waals surface area contributed by atoms with Crippen LogP contribution in [0.4, 0.5) is 5.69 Å². The second-order valence-corrected chi connectivity index (χ2v) is 4.62. The van der Waals surface area contributed by atoms with E-state index in [4.69, 9.17) is 14.6 Å². The van der Waals surface area contributed by atoms with Gasteiger partial charge >= 0.3 is 5.97 Å². The van der Waals surface area contributed by atoms with E-state index in [1.807, 2.05) is 6.92 Å². The van der Waals surface area contributed by atoms with Gasteiger partial charge in [-0.1, -0.05) is 6.07 Å². The number of anilines is 1. The molecule has 6 nitrogen and oxygen atoms in total. The van der Waals surface area contributed by atoms with Crippen LogP contribution in [-0.2, 0) is 4.79 Å². The van der Waals surface area contributed by atoms with Gasteiger partial charge in [0.1, 0.15) is 11.5 Å². The molecule has 0 bridgehead atoms. The summed E-state index contributed by atoms with van der Waals surface area (Å²) in [7, 11) is 0. The second-order valence-electron chi connectivity index (χ2n) is 4.62. The molecule has 1 amide bonds. The Morgan fingerprint density at radius 2 is 1.78 bits per heavy atom. The highest BCUT2D eigenvalue weighted by Crippen LogP contribution is 2.19. The molecule has 2 aromatic rings. The molecule has 0 aliphatic carbocycles. The number of ether oxygens (including phenoxy) is 2. The van der Waals surface area contributed by atoms with Gasteiger partial charge in [0.15, 0.2) is 6.61 Å². The fourth-order valence-corrected chi connectivity index (χ4v) is 1.88. The van der Waals surface area contributed by atoms with Gasteiger partial charge in [-0.3, -0.25) is 4.79 Å². The molecule has 0 aliphatic rings. The summed E-state index contributed by atoms with van der Waals surface area (Å²) in [5.41, 5.74) is 1.01. The molecule has 0 aromatic heterocycles. The maximum absolute atomic E-state index is 12.2. The highest BCUT2D eigenvalue weighted by Gasteiger charge is 2.07. The lowest BCUT2D eigenvalue weighted by Gasteiger charge is -2.09. The van der Waals surface area contributed by atoms with E-state index in [0.717, 1.165) is 0 Å². The minimum absolute atomic E-state index is 0.275. The van der Waals surface area contributed by atoms with E-state index < -0.39 is 12.6 Å². The molecule has 0 atom stereocenters. The third kappa shape index (κ3) is 5.03. The Bertz CT molecular complexity index is 682. The molecule has 0 aliphatic heterocycles. The predicted molar refractivity (Wildman–Crippen MR) is 85.1 cm³/mol. The molecule has 0 radical (unpaired) electrons. The van der Waals surface area contributed by atoms with Gasteiger partial charge in [-0.25, -0.2) is 4.79 Å². The van der Waals surface area contributed by atoms with Gasteiger partial charge in [0, 0.05) is 17.3 Å². The van der Waals surface area contributed by atoms with E-state index in [1.165, 1.54) is 0 Å². The van der Waals surface area contributed by atoms with Crippen LogP contribution in [0.5, 0.6) is 11.5 Å². The minimum atomic E-state index is -1.06. The van der Waals surface area contributed by atoms with Crippen molar-refractivity contribution in [3.63, 3.8) is 0 Å². The first-order chi connectivity index (χ1) is 11.1. The first-order valence-electron chi connectivity index (χ1n) is 7.07. The topological polar surface area (TPSA) is 84.9 Å². The van der Waals surface area contributed by atoms with E-state index in [-0.39, 0.29) is 5.91 Å². The van der Waals surface area contributed by atoms with Gasteiger partial charge in [0.2, 0.25) is 0 Å². The number of carbonyl (C=O) groups is 2. The van der Waals surface area contributed by atoms with Crippen LogP contribution in [-0.4, -0.2) is 30.2 Å². The maximum atomic E-state index is 12.2. The van der Waals surface area contributed by atoms with E-state index in [0.29, 0.717) is 29.4 Å². The molecule has 0 fully saturated rings. The number of carbonyl (C=O) groups excluding carboxylic acids is 1. The van der Waals surface area contributed by atoms with Gasteiger partial charge in [0.05, 0.1) is 6.61 Å². The third-order valence-corrected chi connectivity index (χ3v) is 2.88. The second kappa shape index (κ2) is 7.84. The number of aliphatic carboxylic acids is 1. The summed E-state index contributed by atoms with van der Waals surface area (Å²) in [6.45, 7) is 2.02. The lowest BCUT2D eigenvalue weighted by Crippen LogP contribution is -2.12. The molecule has 0 saturated heterocycles. The first kappa shape index (κ1) is 16.4. The molecular formula is C17H17NO5.